The first-order valence-corrected chi connectivity index (χ1v) is 5.64. The van der Waals surface area contributed by atoms with Crippen molar-refractivity contribution in [1.29, 1.82) is 0 Å². The fourth-order valence-electron chi connectivity index (χ4n) is 1.81. The second-order valence-corrected chi connectivity index (χ2v) is 4.21. The van der Waals surface area contributed by atoms with Crippen molar-refractivity contribution in [2.75, 3.05) is 7.11 Å². The predicted octanol–water partition coefficient (Wildman–Crippen LogP) is 3.27. The lowest BCUT2D eigenvalue weighted by Gasteiger charge is -2.09. The minimum atomic E-state index is -4.41. The van der Waals surface area contributed by atoms with Gasteiger partial charge >= 0.3 is 6.18 Å². The molecule has 102 valence electrons. The second-order valence-electron chi connectivity index (χ2n) is 4.21. The normalized spacial score (nSPS) is 11.6. The monoisotopic (exact) mass is 270 g/mol. The molecule has 1 aromatic heterocycles. The molecule has 0 fully saturated rings. The van der Waals surface area contributed by atoms with Crippen LogP contribution in [0.4, 0.5) is 13.2 Å². The van der Waals surface area contributed by atoms with Crippen LogP contribution in [-0.4, -0.2) is 16.9 Å². The van der Waals surface area contributed by atoms with Gasteiger partial charge in [-0.25, -0.2) is 0 Å². The highest BCUT2D eigenvalue weighted by Gasteiger charge is 2.33. The Morgan fingerprint density at radius 2 is 2.00 bits per heavy atom. The van der Waals surface area contributed by atoms with Crippen molar-refractivity contribution in [3.05, 3.63) is 47.3 Å². The number of rotatable bonds is 3. The number of nitrogens with zero attached hydrogens (tertiary/aromatic N) is 2. The van der Waals surface area contributed by atoms with Gasteiger partial charge in [0.15, 0.2) is 5.69 Å². The van der Waals surface area contributed by atoms with E-state index in [1.54, 1.807) is 6.07 Å². The van der Waals surface area contributed by atoms with E-state index < -0.39 is 11.9 Å². The number of aromatic nitrogens is 2. The van der Waals surface area contributed by atoms with Crippen molar-refractivity contribution >= 4 is 0 Å². The van der Waals surface area contributed by atoms with Gasteiger partial charge < -0.3 is 4.74 Å². The molecule has 0 bridgehead atoms. The van der Waals surface area contributed by atoms with E-state index >= 15 is 0 Å². The third kappa shape index (κ3) is 3.07. The molecule has 0 saturated heterocycles. The predicted molar refractivity (Wildman–Crippen MR) is 64.1 cm³/mol. The SMILES string of the molecule is COc1ccc(C)cc1Cn1ccc(C(F)(F)F)n1. The van der Waals surface area contributed by atoms with Crippen molar-refractivity contribution in [3.63, 3.8) is 0 Å². The van der Waals surface area contributed by atoms with Gasteiger partial charge in [-0.05, 0) is 19.1 Å². The maximum atomic E-state index is 12.4. The molecule has 0 spiro atoms. The molecule has 3 nitrogen and oxygen atoms in total. The number of methoxy groups -OCH3 is 1. The first kappa shape index (κ1) is 13.5. The Morgan fingerprint density at radius 3 is 2.58 bits per heavy atom. The van der Waals surface area contributed by atoms with Crippen LogP contribution < -0.4 is 4.74 Å². The molecule has 0 unspecified atom stereocenters. The van der Waals surface area contributed by atoms with Crippen LogP contribution in [0.2, 0.25) is 0 Å². The molecule has 0 aliphatic heterocycles. The molecule has 6 heteroatoms. The standard InChI is InChI=1S/C13H13F3N2O/c1-9-3-4-11(19-2)10(7-9)8-18-6-5-12(17-18)13(14,15)16/h3-7H,8H2,1-2H3. The summed E-state index contributed by atoms with van der Waals surface area (Å²) in [5.41, 5.74) is 0.914. The van der Waals surface area contributed by atoms with Crippen molar-refractivity contribution in [2.24, 2.45) is 0 Å². The van der Waals surface area contributed by atoms with Crippen LogP contribution in [0.5, 0.6) is 5.75 Å². The minimum Gasteiger partial charge on any atom is -0.496 e. The van der Waals surface area contributed by atoms with E-state index in [1.807, 2.05) is 19.1 Å². The molecule has 0 amide bonds. The molecule has 1 heterocycles. The van der Waals surface area contributed by atoms with Crippen LogP contribution >= 0.6 is 0 Å². The van der Waals surface area contributed by atoms with Crippen molar-refractivity contribution < 1.29 is 17.9 Å². The minimum absolute atomic E-state index is 0.237. The van der Waals surface area contributed by atoms with Gasteiger partial charge in [0.25, 0.3) is 0 Å². The maximum absolute atomic E-state index is 12.4. The van der Waals surface area contributed by atoms with Gasteiger partial charge in [0.2, 0.25) is 0 Å². The van der Waals surface area contributed by atoms with Gasteiger partial charge in [-0.1, -0.05) is 17.7 Å². The highest BCUT2D eigenvalue weighted by Crippen LogP contribution is 2.28. The molecule has 0 aliphatic rings. The number of halogens is 3. The number of ether oxygens (including phenoxy) is 1. The molecule has 0 N–H and O–H groups in total. The summed E-state index contributed by atoms with van der Waals surface area (Å²) >= 11 is 0. The highest BCUT2D eigenvalue weighted by atomic mass is 19.4. The Balaban J connectivity index is 2.26. The van der Waals surface area contributed by atoms with E-state index in [4.69, 9.17) is 4.74 Å². The average molecular weight is 270 g/mol. The zero-order chi connectivity index (χ0) is 14.0. The zero-order valence-corrected chi connectivity index (χ0v) is 10.5. The van der Waals surface area contributed by atoms with Crippen molar-refractivity contribution in [1.82, 2.24) is 9.78 Å². The van der Waals surface area contributed by atoms with Crippen LogP contribution in [-0.2, 0) is 12.7 Å². The molecule has 0 saturated carbocycles. The largest absolute Gasteiger partial charge is 0.496 e. The molecule has 2 rings (SSSR count). The molecule has 19 heavy (non-hydrogen) atoms. The Morgan fingerprint density at radius 1 is 1.26 bits per heavy atom. The highest BCUT2D eigenvalue weighted by molar-refractivity contribution is 5.37. The summed E-state index contributed by atoms with van der Waals surface area (Å²) in [5, 5.41) is 3.52. The number of hydrogen-bond donors (Lipinski definition) is 0. The summed E-state index contributed by atoms with van der Waals surface area (Å²) in [7, 11) is 1.53. The summed E-state index contributed by atoms with van der Waals surface area (Å²) in [6.45, 7) is 2.15. The Labute approximate surface area is 108 Å². The number of aryl methyl sites for hydroxylation is 1. The van der Waals surface area contributed by atoms with E-state index in [-0.39, 0.29) is 6.54 Å². The third-order valence-corrected chi connectivity index (χ3v) is 2.70. The van der Waals surface area contributed by atoms with Crippen molar-refractivity contribution in [2.45, 2.75) is 19.6 Å². The topological polar surface area (TPSA) is 27.1 Å². The van der Waals surface area contributed by atoms with Crippen LogP contribution in [0.1, 0.15) is 16.8 Å². The smallest absolute Gasteiger partial charge is 0.435 e. The lowest BCUT2D eigenvalue weighted by molar-refractivity contribution is -0.141. The summed E-state index contributed by atoms with van der Waals surface area (Å²) in [6, 6.07) is 6.50. The molecule has 0 aliphatic carbocycles. The van der Waals surface area contributed by atoms with Gasteiger partial charge in [0.05, 0.1) is 13.7 Å². The fourth-order valence-corrected chi connectivity index (χ4v) is 1.81. The number of benzene rings is 1. The van der Waals surface area contributed by atoms with Gasteiger partial charge in [-0.2, -0.15) is 18.3 Å². The quantitative estimate of drug-likeness (QED) is 0.856. The summed E-state index contributed by atoms with van der Waals surface area (Å²) in [6.07, 6.45) is -3.10. The van der Waals surface area contributed by atoms with Crippen LogP contribution in [0, 0.1) is 6.92 Å². The van der Waals surface area contributed by atoms with E-state index in [2.05, 4.69) is 5.10 Å². The fraction of sp³-hybridized carbons (Fsp3) is 0.308. The summed E-state index contributed by atoms with van der Waals surface area (Å²) in [4.78, 5) is 0. The average Bonchev–Trinajstić information content (AvgIpc) is 2.77. The Bertz CT molecular complexity index is 576. The maximum Gasteiger partial charge on any atom is 0.435 e. The second kappa shape index (κ2) is 4.95. The van der Waals surface area contributed by atoms with Crippen molar-refractivity contribution in [3.8, 4) is 5.75 Å². The van der Waals surface area contributed by atoms with Gasteiger partial charge in [-0.3, -0.25) is 4.68 Å². The number of alkyl halides is 3. The van der Waals surface area contributed by atoms with E-state index in [0.29, 0.717) is 5.75 Å². The van der Waals surface area contributed by atoms with Gasteiger partial charge in [0.1, 0.15) is 5.75 Å². The van der Waals surface area contributed by atoms with Gasteiger partial charge in [-0.15, -0.1) is 0 Å². The third-order valence-electron chi connectivity index (χ3n) is 2.70. The Kier molecular flexibility index (Phi) is 3.50. The Hall–Kier alpha value is -1.98. The first-order valence-electron chi connectivity index (χ1n) is 5.64. The summed E-state index contributed by atoms with van der Waals surface area (Å²) < 4.78 is 43.8. The van der Waals surface area contributed by atoms with E-state index in [9.17, 15) is 13.2 Å². The van der Waals surface area contributed by atoms with Gasteiger partial charge in [0, 0.05) is 11.8 Å². The molecular formula is C13H13F3N2O. The zero-order valence-electron chi connectivity index (χ0n) is 10.5. The lowest BCUT2D eigenvalue weighted by atomic mass is 10.1. The molecule has 0 radical (unpaired) electrons. The molecule has 2 aromatic rings. The van der Waals surface area contributed by atoms with Crippen LogP contribution in [0.3, 0.4) is 0 Å². The summed E-state index contributed by atoms with van der Waals surface area (Å²) in [5.74, 6) is 0.634. The molecular weight excluding hydrogens is 257 g/mol. The first-order chi connectivity index (χ1) is 8.90. The van der Waals surface area contributed by atoms with Crippen LogP contribution in [0.15, 0.2) is 30.5 Å². The van der Waals surface area contributed by atoms with E-state index in [1.165, 1.54) is 18.0 Å². The van der Waals surface area contributed by atoms with Crippen LogP contribution in [0.25, 0.3) is 0 Å². The lowest BCUT2D eigenvalue weighted by Crippen LogP contribution is -2.09. The number of hydrogen-bond acceptors (Lipinski definition) is 2. The molecule has 0 atom stereocenters. The molecule has 1 aromatic carbocycles. The van der Waals surface area contributed by atoms with E-state index in [0.717, 1.165) is 17.2 Å².